The lowest BCUT2D eigenvalue weighted by atomic mass is 9.83. The first-order valence-electron chi connectivity index (χ1n) is 5.86. The number of rotatable bonds is 4. The molecule has 0 atom stereocenters. The van der Waals surface area contributed by atoms with Crippen molar-refractivity contribution >= 4 is 31.9 Å². The highest BCUT2D eigenvalue weighted by Gasteiger charge is 2.32. The summed E-state index contributed by atoms with van der Waals surface area (Å²) in [4.78, 5) is 0. The van der Waals surface area contributed by atoms with Crippen LogP contribution in [0.3, 0.4) is 0 Å². The van der Waals surface area contributed by atoms with E-state index in [1.54, 1.807) is 6.07 Å². The average molecular weight is 382 g/mol. The van der Waals surface area contributed by atoms with Gasteiger partial charge in [-0.3, -0.25) is 0 Å². The molecular formula is C13H15Br2FO2. The van der Waals surface area contributed by atoms with Crippen LogP contribution in [0.25, 0.3) is 0 Å². The van der Waals surface area contributed by atoms with Crippen LogP contribution in [0.2, 0.25) is 0 Å². The van der Waals surface area contributed by atoms with Crippen LogP contribution in [0.1, 0.15) is 12.8 Å². The van der Waals surface area contributed by atoms with Gasteiger partial charge in [-0.25, -0.2) is 4.39 Å². The van der Waals surface area contributed by atoms with Gasteiger partial charge in [0.2, 0.25) is 0 Å². The van der Waals surface area contributed by atoms with Crippen molar-refractivity contribution in [2.24, 2.45) is 5.41 Å². The van der Waals surface area contributed by atoms with Gasteiger partial charge in [-0.1, -0.05) is 31.9 Å². The Labute approximate surface area is 123 Å². The maximum Gasteiger partial charge on any atom is 0.128 e. The Balaban J connectivity index is 2.00. The summed E-state index contributed by atoms with van der Waals surface area (Å²) in [5.74, 6) is 0.271. The summed E-state index contributed by atoms with van der Waals surface area (Å²) < 4.78 is 25.0. The zero-order valence-corrected chi connectivity index (χ0v) is 13.1. The number of benzene rings is 1. The van der Waals surface area contributed by atoms with Gasteiger partial charge < -0.3 is 9.47 Å². The molecule has 0 saturated carbocycles. The topological polar surface area (TPSA) is 18.5 Å². The fraction of sp³-hybridized carbons (Fsp3) is 0.538. The normalized spacial score (nSPS) is 18.6. The van der Waals surface area contributed by atoms with Crippen molar-refractivity contribution in [3.63, 3.8) is 0 Å². The molecule has 2 nitrogen and oxygen atoms in total. The van der Waals surface area contributed by atoms with E-state index in [9.17, 15) is 4.39 Å². The van der Waals surface area contributed by atoms with E-state index in [-0.39, 0.29) is 11.2 Å². The summed E-state index contributed by atoms with van der Waals surface area (Å²) in [6, 6.07) is 4.61. The van der Waals surface area contributed by atoms with Gasteiger partial charge in [-0.2, -0.15) is 0 Å². The first-order valence-corrected chi connectivity index (χ1v) is 7.78. The van der Waals surface area contributed by atoms with E-state index in [0.29, 0.717) is 16.8 Å². The third-order valence-electron chi connectivity index (χ3n) is 3.22. The molecule has 0 amide bonds. The number of alkyl halides is 1. The van der Waals surface area contributed by atoms with Gasteiger partial charge in [-0.15, -0.1) is 0 Å². The summed E-state index contributed by atoms with van der Waals surface area (Å²) in [6.07, 6.45) is 1.93. The third kappa shape index (κ3) is 3.68. The molecule has 0 aromatic heterocycles. The Morgan fingerprint density at radius 3 is 2.61 bits per heavy atom. The zero-order chi connectivity index (χ0) is 13.0. The van der Waals surface area contributed by atoms with Crippen molar-refractivity contribution in [3.8, 4) is 5.75 Å². The lowest BCUT2D eigenvalue weighted by Gasteiger charge is -2.35. The standard InChI is InChI=1S/C13H15Br2FO2/c14-8-13(1-3-17-4-2-13)9-18-12-6-10(15)5-11(16)7-12/h5-7H,1-4,8-9H2. The molecule has 1 aliphatic heterocycles. The minimum Gasteiger partial charge on any atom is -0.493 e. The van der Waals surface area contributed by atoms with E-state index < -0.39 is 0 Å². The lowest BCUT2D eigenvalue weighted by Crippen LogP contribution is -2.36. The smallest absolute Gasteiger partial charge is 0.128 e. The fourth-order valence-corrected chi connectivity index (χ4v) is 3.14. The van der Waals surface area contributed by atoms with E-state index in [2.05, 4.69) is 31.9 Å². The Morgan fingerprint density at radius 1 is 1.28 bits per heavy atom. The summed E-state index contributed by atoms with van der Waals surface area (Å²) >= 11 is 6.81. The molecule has 0 radical (unpaired) electrons. The van der Waals surface area contributed by atoms with Gasteiger partial charge >= 0.3 is 0 Å². The lowest BCUT2D eigenvalue weighted by molar-refractivity contribution is 0.00348. The monoisotopic (exact) mass is 380 g/mol. The second-order valence-corrected chi connectivity index (χ2v) is 6.12. The second-order valence-electron chi connectivity index (χ2n) is 4.64. The van der Waals surface area contributed by atoms with E-state index in [0.717, 1.165) is 31.4 Å². The highest BCUT2D eigenvalue weighted by Crippen LogP contribution is 2.33. The molecule has 1 aliphatic rings. The van der Waals surface area contributed by atoms with Crippen LogP contribution in [0.4, 0.5) is 4.39 Å². The first-order chi connectivity index (χ1) is 8.63. The molecular weight excluding hydrogens is 367 g/mol. The third-order valence-corrected chi connectivity index (χ3v) is 4.87. The van der Waals surface area contributed by atoms with Gasteiger partial charge in [0.05, 0.1) is 6.61 Å². The molecule has 0 bridgehead atoms. The van der Waals surface area contributed by atoms with Gasteiger partial charge in [0.1, 0.15) is 11.6 Å². The van der Waals surface area contributed by atoms with E-state index in [1.165, 1.54) is 12.1 Å². The van der Waals surface area contributed by atoms with Crippen molar-refractivity contribution in [2.45, 2.75) is 12.8 Å². The molecule has 0 aliphatic carbocycles. The van der Waals surface area contributed by atoms with Crippen LogP contribution in [0, 0.1) is 11.2 Å². The molecule has 18 heavy (non-hydrogen) atoms. The van der Waals surface area contributed by atoms with Gasteiger partial charge in [0, 0.05) is 34.5 Å². The maximum atomic E-state index is 13.2. The van der Waals surface area contributed by atoms with Crippen LogP contribution < -0.4 is 4.74 Å². The van der Waals surface area contributed by atoms with Crippen LogP contribution in [-0.2, 0) is 4.74 Å². The predicted molar refractivity (Wildman–Crippen MR) is 75.9 cm³/mol. The first kappa shape index (κ1) is 14.3. The number of halogens is 3. The van der Waals surface area contributed by atoms with Gasteiger partial charge in [-0.05, 0) is 25.0 Å². The summed E-state index contributed by atoms with van der Waals surface area (Å²) in [6.45, 7) is 2.11. The van der Waals surface area contributed by atoms with Crippen LogP contribution in [0.5, 0.6) is 5.75 Å². The van der Waals surface area contributed by atoms with Crippen molar-refractivity contribution in [1.29, 1.82) is 0 Å². The minimum atomic E-state index is -0.292. The Hall–Kier alpha value is -0.130. The maximum absolute atomic E-state index is 13.2. The molecule has 5 heteroatoms. The van der Waals surface area contributed by atoms with Crippen LogP contribution in [0.15, 0.2) is 22.7 Å². The van der Waals surface area contributed by atoms with Crippen LogP contribution >= 0.6 is 31.9 Å². The molecule has 100 valence electrons. The minimum absolute atomic E-state index is 0.0943. The van der Waals surface area contributed by atoms with Crippen molar-refractivity contribution in [1.82, 2.24) is 0 Å². The van der Waals surface area contributed by atoms with Crippen molar-refractivity contribution < 1.29 is 13.9 Å². The quantitative estimate of drug-likeness (QED) is 0.729. The highest BCUT2D eigenvalue weighted by molar-refractivity contribution is 9.10. The molecule has 1 fully saturated rings. The summed E-state index contributed by atoms with van der Waals surface area (Å²) in [7, 11) is 0. The van der Waals surface area contributed by atoms with Gasteiger partial charge in [0.25, 0.3) is 0 Å². The Kier molecular flexibility index (Phi) is 5.04. The Bertz CT molecular complexity index is 386. The molecule has 1 saturated heterocycles. The molecule has 2 rings (SSSR count). The van der Waals surface area contributed by atoms with E-state index >= 15 is 0 Å². The molecule has 1 aromatic rings. The van der Waals surface area contributed by atoms with E-state index in [4.69, 9.17) is 9.47 Å². The largest absolute Gasteiger partial charge is 0.493 e. The molecule has 0 N–H and O–H groups in total. The zero-order valence-electron chi connectivity index (χ0n) is 9.93. The molecule has 1 aromatic carbocycles. The number of hydrogen-bond donors (Lipinski definition) is 0. The number of ether oxygens (including phenoxy) is 2. The predicted octanol–water partition coefficient (Wildman–Crippen LogP) is 4.16. The molecule has 1 heterocycles. The average Bonchev–Trinajstić information content (AvgIpc) is 2.36. The van der Waals surface area contributed by atoms with Crippen LogP contribution in [-0.4, -0.2) is 25.2 Å². The fourth-order valence-electron chi connectivity index (χ4n) is 1.97. The number of hydrogen-bond acceptors (Lipinski definition) is 2. The Morgan fingerprint density at radius 2 is 2.00 bits per heavy atom. The van der Waals surface area contributed by atoms with Crippen molar-refractivity contribution in [3.05, 3.63) is 28.5 Å². The SMILES string of the molecule is Fc1cc(Br)cc(OCC2(CBr)CCOCC2)c1. The highest BCUT2D eigenvalue weighted by atomic mass is 79.9. The summed E-state index contributed by atoms with van der Waals surface area (Å²) in [5.41, 5.74) is 0.0943. The van der Waals surface area contributed by atoms with Crippen molar-refractivity contribution in [2.75, 3.05) is 25.2 Å². The van der Waals surface area contributed by atoms with E-state index in [1.807, 2.05) is 0 Å². The molecule has 0 spiro atoms. The second kappa shape index (κ2) is 6.35. The molecule has 0 unspecified atom stereocenters. The summed E-state index contributed by atoms with van der Waals surface area (Å²) in [5, 5.41) is 0.875. The van der Waals surface area contributed by atoms with Gasteiger partial charge in [0.15, 0.2) is 0 Å².